The fourth-order valence-corrected chi connectivity index (χ4v) is 4.80. The summed E-state index contributed by atoms with van der Waals surface area (Å²) < 4.78 is 11.4. The molecule has 0 aliphatic carbocycles. The fourth-order valence-electron chi connectivity index (χ4n) is 4.80. The van der Waals surface area contributed by atoms with Gasteiger partial charge in [-0.2, -0.15) is 0 Å². The molecule has 1 N–H and O–H groups in total. The molecule has 4 aromatic rings. The summed E-state index contributed by atoms with van der Waals surface area (Å²) in [6.07, 6.45) is 1.64. The van der Waals surface area contributed by atoms with E-state index in [0.29, 0.717) is 12.2 Å². The highest BCUT2D eigenvalue weighted by Gasteiger charge is 2.27. The van der Waals surface area contributed by atoms with Crippen LogP contribution in [0.3, 0.4) is 0 Å². The highest BCUT2D eigenvalue weighted by Crippen LogP contribution is 2.43. The Morgan fingerprint density at radius 1 is 1.17 bits per heavy atom. The Morgan fingerprint density at radius 2 is 1.97 bits per heavy atom. The molecular formula is C29H30N2O4. The molecule has 35 heavy (non-hydrogen) atoms. The van der Waals surface area contributed by atoms with Crippen LogP contribution >= 0.6 is 0 Å². The molecule has 2 aromatic heterocycles. The van der Waals surface area contributed by atoms with Gasteiger partial charge in [0, 0.05) is 34.6 Å². The first-order valence-electron chi connectivity index (χ1n) is 11.9. The number of hydrogen-bond acceptors (Lipinski definition) is 6. The first-order chi connectivity index (χ1) is 16.6. The van der Waals surface area contributed by atoms with E-state index in [1.54, 1.807) is 20.8 Å². The van der Waals surface area contributed by atoms with Crippen LogP contribution in [0.5, 0.6) is 5.75 Å². The smallest absolute Gasteiger partial charge is 0.311 e. The third-order valence-corrected chi connectivity index (χ3v) is 6.54. The third-order valence-electron chi connectivity index (χ3n) is 6.54. The number of rotatable bonds is 4. The van der Waals surface area contributed by atoms with Crippen LogP contribution in [0.15, 0.2) is 42.6 Å². The van der Waals surface area contributed by atoms with E-state index in [9.17, 15) is 9.90 Å². The van der Waals surface area contributed by atoms with Gasteiger partial charge in [0.25, 0.3) is 0 Å². The number of hydrogen-bond donors (Lipinski definition) is 1. The Kier molecular flexibility index (Phi) is 5.72. The normalized spacial score (nSPS) is 14.1. The van der Waals surface area contributed by atoms with Gasteiger partial charge in [-0.15, -0.1) is 0 Å². The van der Waals surface area contributed by atoms with E-state index in [2.05, 4.69) is 0 Å². The number of aromatic nitrogens is 2. The maximum absolute atomic E-state index is 12.4. The summed E-state index contributed by atoms with van der Waals surface area (Å²) in [5.41, 5.74) is 6.47. The van der Waals surface area contributed by atoms with E-state index in [1.807, 2.05) is 56.4 Å². The number of aryl methyl sites for hydroxylation is 2. The zero-order valence-corrected chi connectivity index (χ0v) is 20.8. The first kappa shape index (κ1) is 23.2. The monoisotopic (exact) mass is 470 g/mol. The Morgan fingerprint density at radius 3 is 2.74 bits per heavy atom. The van der Waals surface area contributed by atoms with Crippen LogP contribution in [0, 0.1) is 19.3 Å². The predicted molar refractivity (Wildman–Crippen MR) is 137 cm³/mol. The van der Waals surface area contributed by atoms with E-state index < -0.39 is 11.5 Å². The Balaban J connectivity index is 1.75. The number of fused-ring (bicyclic) bond motifs is 1. The molecule has 0 saturated heterocycles. The number of pyridine rings is 2. The molecule has 0 radical (unpaired) electrons. The lowest BCUT2D eigenvalue weighted by atomic mass is 9.87. The van der Waals surface area contributed by atoms with Crippen LogP contribution in [0.25, 0.3) is 32.9 Å². The van der Waals surface area contributed by atoms with Crippen molar-refractivity contribution in [3.63, 3.8) is 0 Å². The van der Waals surface area contributed by atoms with Gasteiger partial charge in [-0.05, 0) is 87.2 Å². The van der Waals surface area contributed by atoms with Crippen LogP contribution < -0.4 is 4.74 Å². The minimum absolute atomic E-state index is 0.132. The zero-order valence-electron chi connectivity index (χ0n) is 20.8. The molecule has 0 bridgehead atoms. The Bertz CT molecular complexity index is 1460. The summed E-state index contributed by atoms with van der Waals surface area (Å²) in [6, 6.07) is 12.0. The molecule has 0 spiro atoms. The summed E-state index contributed by atoms with van der Waals surface area (Å²) in [5.74, 6) is 0.472. The van der Waals surface area contributed by atoms with Crippen LogP contribution in [0.4, 0.5) is 0 Å². The first-order valence-corrected chi connectivity index (χ1v) is 11.9. The summed E-state index contributed by atoms with van der Waals surface area (Å²) in [4.78, 5) is 21.9. The molecule has 0 fully saturated rings. The van der Waals surface area contributed by atoms with Gasteiger partial charge in [0.2, 0.25) is 0 Å². The summed E-state index contributed by atoms with van der Waals surface area (Å²) >= 11 is 0. The molecule has 180 valence electrons. The second-order valence-electron chi connectivity index (χ2n) is 10.3. The molecule has 1 aliphatic heterocycles. The van der Waals surface area contributed by atoms with Crippen molar-refractivity contribution in [3.8, 4) is 16.9 Å². The lowest BCUT2D eigenvalue weighted by Crippen LogP contribution is -2.25. The maximum atomic E-state index is 12.4. The van der Waals surface area contributed by atoms with E-state index in [1.165, 1.54) is 5.56 Å². The van der Waals surface area contributed by atoms with Gasteiger partial charge in [0.1, 0.15) is 18.5 Å². The number of aliphatic hydroxyl groups is 1. The third kappa shape index (κ3) is 4.12. The lowest BCUT2D eigenvalue weighted by molar-refractivity contribution is -0.156. The minimum atomic E-state index is -1.01. The molecule has 0 unspecified atom stereocenters. The van der Waals surface area contributed by atoms with Gasteiger partial charge in [0.05, 0.1) is 23.1 Å². The largest absolute Gasteiger partial charge is 0.493 e. The molecule has 0 saturated carbocycles. The SMILES string of the molecule is Cc1ccc2c(-c3ccc4c5c(ccnc35)CCO4)c([C@H](O)COC(=O)C(C)(C)C)c(C)cc2n1. The molecule has 0 amide bonds. The fraction of sp³-hybridized carbons (Fsp3) is 0.345. The number of ether oxygens (including phenoxy) is 2. The minimum Gasteiger partial charge on any atom is -0.493 e. The van der Waals surface area contributed by atoms with Crippen LogP contribution in [-0.2, 0) is 16.0 Å². The van der Waals surface area contributed by atoms with Gasteiger partial charge in [0.15, 0.2) is 0 Å². The van der Waals surface area contributed by atoms with E-state index in [0.717, 1.165) is 56.4 Å². The van der Waals surface area contributed by atoms with Crippen molar-refractivity contribution in [1.29, 1.82) is 0 Å². The van der Waals surface area contributed by atoms with E-state index in [-0.39, 0.29) is 12.6 Å². The molecule has 6 nitrogen and oxygen atoms in total. The lowest BCUT2D eigenvalue weighted by Gasteiger charge is -2.24. The number of carbonyl (C=O) groups is 1. The topological polar surface area (TPSA) is 81.5 Å². The van der Waals surface area contributed by atoms with Gasteiger partial charge >= 0.3 is 5.97 Å². The highest BCUT2D eigenvalue weighted by molar-refractivity contribution is 6.07. The Labute approximate surface area is 204 Å². The van der Waals surface area contributed by atoms with Crippen molar-refractivity contribution in [1.82, 2.24) is 9.97 Å². The van der Waals surface area contributed by atoms with Gasteiger partial charge < -0.3 is 14.6 Å². The average molecular weight is 471 g/mol. The number of esters is 1. The van der Waals surface area contributed by atoms with E-state index in [4.69, 9.17) is 19.4 Å². The summed E-state index contributed by atoms with van der Waals surface area (Å²) in [7, 11) is 0. The number of carbonyl (C=O) groups excluding carboxylic acids is 1. The van der Waals surface area contributed by atoms with Gasteiger partial charge in [-0.1, -0.05) is 6.07 Å². The number of nitrogens with zero attached hydrogens (tertiary/aromatic N) is 2. The molecule has 3 heterocycles. The Hall–Kier alpha value is -3.51. The predicted octanol–water partition coefficient (Wildman–Crippen LogP) is 5.62. The standard InChI is InChI=1S/C29H30N2O4/c1-16-14-21-19(7-6-17(2)31-21)26(24(16)22(32)15-35-28(33)29(3,4)5)20-8-9-23-25-18(11-13-34-23)10-12-30-27(20)25/h6-10,12,14,22,32H,11,13,15H2,1-5H3/t22-/m1/s1. The molecule has 1 aliphatic rings. The second kappa shape index (κ2) is 8.61. The van der Waals surface area contributed by atoms with Crippen LogP contribution in [0.1, 0.15) is 49.3 Å². The molecule has 6 heteroatoms. The van der Waals surface area contributed by atoms with Gasteiger partial charge in [-0.25, -0.2) is 0 Å². The van der Waals surface area contributed by atoms with Crippen LogP contribution in [0.2, 0.25) is 0 Å². The average Bonchev–Trinajstić information content (AvgIpc) is 2.81. The second-order valence-corrected chi connectivity index (χ2v) is 10.3. The summed E-state index contributed by atoms with van der Waals surface area (Å²) in [5, 5.41) is 13.3. The van der Waals surface area contributed by atoms with Crippen molar-refractivity contribution in [2.75, 3.05) is 13.2 Å². The van der Waals surface area contributed by atoms with Crippen LogP contribution in [-0.4, -0.2) is 34.3 Å². The quantitative estimate of drug-likeness (QED) is 0.390. The molecule has 1 atom stereocenters. The van der Waals surface area contributed by atoms with Crippen molar-refractivity contribution in [2.45, 2.75) is 47.1 Å². The van der Waals surface area contributed by atoms with E-state index >= 15 is 0 Å². The number of aliphatic hydroxyl groups excluding tert-OH is 1. The molecular weight excluding hydrogens is 440 g/mol. The summed E-state index contributed by atoms with van der Waals surface area (Å²) in [6.45, 7) is 9.82. The maximum Gasteiger partial charge on any atom is 0.311 e. The van der Waals surface area contributed by atoms with Crippen molar-refractivity contribution in [2.24, 2.45) is 5.41 Å². The highest BCUT2D eigenvalue weighted by atomic mass is 16.5. The van der Waals surface area contributed by atoms with Crippen molar-refractivity contribution in [3.05, 3.63) is 65.0 Å². The van der Waals surface area contributed by atoms with Crippen molar-refractivity contribution >= 4 is 27.8 Å². The molecule has 2 aromatic carbocycles. The number of benzene rings is 2. The van der Waals surface area contributed by atoms with Crippen molar-refractivity contribution < 1.29 is 19.4 Å². The zero-order chi connectivity index (χ0) is 24.9. The molecule has 5 rings (SSSR count). The van der Waals surface area contributed by atoms with Gasteiger partial charge in [-0.3, -0.25) is 14.8 Å².